The van der Waals surface area contributed by atoms with Crippen molar-refractivity contribution in [3.63, 3.8) is 0 Å². The van der Waals surface area contributed by atoms with E-state index in [2.05, 4.69) is 5.32 Å². The number of urea groups is 1. The van der Waals surface area contributed by atoms with Crippen molar-refractivity contribution >= 4 is 29.4 Å². The number of hydrogen-bond donors (Lipinski definition) is 2. The Morgan fingerprint density at radius 1 is 1.32 bits per heavy atom. The summed E-state index contributed by atoms with van der Waals surface area (Å²) in [5.41, 5.74) is 0.615. The van der Waals surface area contributed by atoms with E-state index in [1.165, 1.54) is 16.7 Å². The minimum atomic E-state index is -0.941. The maximum Gasteiger partial charge on any atom is 0.321 e. The van der Waals surface area contributed by atoms with Gasteiger partial charge in [-0.3, -0.25) is 4.79 Å². The summed E-state index contributed by atoms with van der Waals surface area (Å²) in [5, 5.41) is 11.4. The number of amides is 2. The Balaban J connectivity index is 2.11. The van der Waals surface area contributed by atoms with Crippen LogP contribution in [-0.4, -0.2) is 55.1 Å². The van der Waals surface area contributed by atoms with E-state index in [4.69, 9.17) is 14.6 Å². The van der Waals surface area contributed by atoms with Gasteiger partial charge in [0.25, 0.3) is 0 Å². The summed E-state index contributed by atoms with van der Waals surface area (Å²) in [4.78, 5) is 24.8. The molecule has 2 amide bonds. The topological polar surface area (TPSA) is 88.1 Å². The van der Waals surface area contributed by atoms with Crippen molar-refractivity contribution in [3.05, 3.63) is 12.1 Å². The maximum atomic E-state index is 12.1. The van der Waals surface area contributed by atoms with E-state index in [0.29, 0.717) is 30.4 Å². The molecule has 0 atom stereocenters. The van der Waals surface area contributed by atoms with Gasteiger partial charge in [-0.1, -0.05) is 0 Å². The van der Waals surface area contributed by atoms with Crippen LogP contribution in [0.15, 0.2) is 17.0 Å². The van der Waals surface area contributed by atoms with Crippen LogP contribution in [0.5, 0.6) is 11.5 Å². The Kier molecular flexibility index (Phi) is 5.37. The third kappa shape index (κ3) is 3.97. The maximum absolute atomic E-state index is 12.1. The quantitative estimate of drug-likeness (QED) is 0.806. The lowest BCUT2D eigenvalue weighted by Gasteiger charge is -2.22. The highest BCUT2D eigenvalue weighted by Crippen LogP contribution is 2.39. The lowest BCUT2D eigenvalue weighted by Crippen LogP contribution is -2.33. The Morgan fingerprint density at radius 3 is 2.55 bits per heavy atom. The largest absolute Gasteiger partial charge is 0.486 e. The number of rotatable bonds is 5. The molecule has 120 valence electrons. The predicted octanol–water partition coefficient (Wildman–Crippen LogP) is 2.12. The van der Waals surface area contributed by atoms with Crippen molar-refractivity contribution in [2.75, 3.05) is 38.4 Å². The third-order valence-electron chi connectivity index (χ3n) is 3.11. The third-order valence-corrected chi connectivity index (χ3v) is 3.89. The molecule has 0 fully saturated rings. The van der Waals surface area contributed by atoms with Gasteiger partial charge in [0.15, 0.2) is 11.5 Å². The average molecular weight is 326 g/mol. The van der Waals surface area contributed by atoms with Crippen molar-refractivity contribution in [2.45, 2.75) is 11.3 Å². The van der Waals surface area contributed by atoms with Crippen molar-refractivity contribution in [1.82, 2.24) is 4.90 Å². The first kappa shape index (κ1) is 16.3. The zero-order valence-corrected chi connectivity index (χ0v) is 13.2. The summed E-state index contributed by atoms with van der Waals surface area (Å²) >= 11 is 1.48. The van der Waals surface area contributed by atoms with E-state index in [0.717, 1.165) is 4.90 Å². The fraction of sp³-hybridized carbons (Fsp3) is 0.429. The van der Waals surface area contributed by atoms with Crippen LogP contribution in [0.2, 0.25) is 0 Å². The van der Waals surface area contributed by atoms with Crippen LogP contribution in [0, 0.1) is 0 Å². The smallest absolute Gasteiger partial charge is 0.321 e. The molecule has 1 aromatic rings. The van der Waals surface area contributed by atoms with E-state index < -0.39 is 5.97 Å². The van der Waals surface area contributed by atoms with Crippen LogP contribution >= 0.6 is 11.8 Å². The number of hydrogen-bond acceptors (Lipinski definition) is 5. The molecule has 22 heavy (non-hydrogen) atoms. The summed E-state index contributed by atoms with van der Waals surface area (Å²) in [7, 11) is 1.55. The molecular formula is C14H18N2O5S. The van der Waals surface area contributed by atoms with Gasteiger partial charge in [-0.25, -0.2) is 4.79 Å². The number of fused-ring (bicyclic) bond motifs is 1. The first-order valence-corrected chi connectivity index (χ1v) is 7.95. The fourth-order valence-electron chi connectivity index (χ4n) is 1.91. The number of ether oxygens (including phenoxy) is 2. The van der Waals surface area contributed by atoms with Crippen LogP contribution < -0.4 is 14.8 Å². The van der Waals surface area contributed by atoms with Gasteiger partial charge in [0.05, 0.1) is 12.1 Å². The molecule has 1 aromatic carbocycles. The summed E-state index contributed by atoms with van der Waals surface area (Å²) in [5.74, 6) is 0.309. The van der Waals surface area contributed by atoms with Crippen molar-refractivity contribution < 1.29 is 24.2 Å². The van der Waals surface area contributed by atoms with Gasteiger partial charge in [-0.05, 0) is 12.3 Å². The van der Waals surface area contributed by atoms with E-state index in [9.17, 15) is 9.59 Å². The number of thioether (sulfide) groups is 1. The number of aliphatic carboxylic acids is 1. The summed E-state index contributed by atoms with van der Waals surface area (Å²) < 4.78 is 11.0. The highest BCUT2D eigenvalue weighted by molar-refractivity contribution is 7.98. The molecule has 2 rings (SSSR count). The van der Waals surface area contributed by atoms with E-state index in [1.54, 1.807) is 13.1 Å². The van der Waals surface area contributed by atoms with Gasteiger partial charge >= 0.3 is 12.0 Å². The number of carbonyl (C=O) groups is 2. The van der Waals surface area contributed by atoms with Crippen LogP contribution in [0.4, 0.5) is 10.5 Å². The number of carboxylic acid groups (broad SMARTS) is 1. The fourth-order valence-corrected chi connectivity index (χ4v) is 2.47. The molecular weight excluding hydrogens is 308 g/mol. The van der Waals surface area contributed by atoms with Gasteiger partial charge in [0, 0.05) is 24.6 Å². The molecule has 0 aromatic heterocycles. The summed E-state index contributed by atoms with van der Waals surface area (Å²) in [6, 6.07) is 3.18. The molecule has 8 heteroatoms. The minimum absolute atomic E-state index is 0.0968. The highest BCUT2D eigenvalue weighted by Gasteiger charge is 2.18. The lowest BCUT2D eigenvalue weighted by molar-refractivity contribution is -0.137. The first-order valence-electron chi connectivity index (χ1n) is 6.73. The Hall–Kier alpha value is -2.09. The van der Waals surface area contributed by atoms with Gasteiger partial charge in [0.1, 0.15) is 13.2 Å². The number of carbonyl (C=O) groups excluding carboxylic acids is 1. The van der Waals surface area contributed by atoms with Crippen LogP contribution in [0.3, 0.4) is 0 Å². The molecule has 1 aliphatic rings. The van der Waals surface area contributed by atoms with Crippen LogP contribution in [0.25, 0.3) is 0 Å². The molecule has 0 aliphatic carbocycles. The monoisotopic (exact) mass is 326 g/mol. The Labute approximate surface area is 132 Å². The summed E-state index contributed by atoms with van der Waals surface area (Å²) in [6.07, 6.45) is 1.80. The first-order chi connectivity index (χ1) is 10.5. The van der Waals surface area contributed by atoms with Crippen molar-refractivity contribution in [2.24, 2.45) is 0 Å². The Morgan fingerprint density at radius 2 is 1.95 bits per heavy atom. The van der Waals surface area contributed by atoms with Gasteiger partial charge in [0.2, 0.25) is 0 Å². The van der Waals surface area contributed by atoms with Gasteiger partial charge in [-0.15, -0.1) is 11.8 Å². The van der Waals surface area contributed by atoms with E-state index in [1.807, 2.05) is 12.3 Å². The second-order valence-corrected chi connectivity index (χ2v) is 5.54. The molecule has 0 bridgehead atoms. The zero-order chi connectivity index (χ0) is 16.1. The van der Waals surface area contributed by atoms with E-state index >= 15 is 0 Å². The number of benzene rings is 1. The minimum Gasteiger partial charge on any atom is -0.486 e. The molecule has 0 saturated heterocycles. The molecule has 0 unspecified atom stereocenters. The highest BCUT2D eigenvalue weighted by atomic mass is 32.2. The zero-order valence-electron chi connectivity index (χ0n) is 12.4. The van der Waals surface area contributed by atoms with E-state index in [-0.39, 0.29) is 19.0 Å². The Bertz CT molecular complexity index is 579. The standard InChI is InChI=1S/C14H18N2O5S/c1-16(4-3-13(17)18)14(19)15-9-7-10-11(8-12(9)22-2)21-6-5-20-10/h7-8H,3-6H2,1-2H3,(H,15,19)(H,17,18). The molecule has 2 N–H and O–H groups in total. The van der Waals surface area contributed by atoms with Gasteiger partial charge < -0.3 is 24.8 Å². The number of anilines is 1. The SMILES string of the molecule is CSc1cc2c(cc1NC(=O)N(C)CCC(=O)O)OCCO2. The van der Waals surface area contributed by atoms with Crippen LogP contribution in [0.1, 0.15) is 6.42 Å². The normalized spacial score (nSPS) is 12.6. The molecule has 0 saturated carbocycles. The number of nitrogens with zero attached hydrogens (tertiary/aromatic N) is 1. The second kappa shape index (κ2) is 7.26. The van der Waals surface area contributed by atoms with Crippen molar-refractivity contribution in [3.8, 4) is 11.5 Å². The van der Waals surface area contributed by atoms with Gasteiger partial charge in [-0.2, -0.15) is 0 Å². The van der Waals surface area contributed by atoms with Crippen molar-refractivity contribution in [1.29, 1.82) is 0 Å². The number of nitrogens with one attached hydrogen (secondary N) is 1. The lowest BCUT2D eigenvalue weighted by atomic mass is 10.2. The van der Waals surface area contributed by atoms with Crippen LogP contribution in [-0.2, 0) is 4.79 Å². The molecule has 1 aliphatic heterocycles. The molecule has 0 radical (unpaired) electrons. The summed E-state index contributed by atoms with van der Waals surface area (Å²) in [6.45, 7) is 1.11. The second-order valence-electron chi connectivity index (χ2n) is 4.69. The number of carboxylic acids is 1. The predicted molar refractivity (Wildman–Crippen MR) is 83.1 cm³/mol. The average Bonchev–Trinajstić information content (AvgIpc) is 2.51. The molecule has 1 heterocycles. The molecule has 7 nitrogen and oxygen atoms in total. The molecule has 0 spiro atoms.